The van der Waals surface area contributed by atoms with Crippen molar-refractivity contribution in [2.75, 3.05) is 16.8 Å². The Balaban J connectivity index is 2.59. The number of thioether (sulfide) groups is 1. The van der Waals surface area contributed by atoms with Gasteiger partial charge in [0.25, 0.3) is 5.69 Å². The van der Waals surface area contributed by atoms with E-state index in [0.29, 0.717) is 11.1 Å². The number of nitro groups is 1. The zero-order valence-corrected chi connectivity index (χ0v) is 12.1. The Labute approximate surface area is 116 Å². The molecule has 6 heteroatoms. The number of hydrogen-bond donors (Lipinski definition) is 1. The molecular formula is C12H17ClN2O2S. The normalized spacial score (nSPS) is 12.2. The van der Waals surface area contributed by atoms with Gasteiger partial charge in [0.05, 0.1) is 15.6 Å². The van der Waals surface area contributed by atoms with Crippen LogP contribution in [0.25, 0.3) is 0 Å². The molecule has 1 aromatic rings. The minimum Gasteiger partial charge on any atom is -0.381 e. The quantitative estimate of drug-likeness (QED) is 0.464. The van der Waals surface area contributed by atoms with Gasteiger partial charge in [-0.15, -0.1) is 0 Å². The fourth-order valence-corrected chi connectivity index (χ4v) is 2.51. The van der Waals surface area contributed by atoms with Gasteiger partial charge in [0, 0.05) is 18.2 Å². The molecule has 1 N–H and O–H groups in total. The van der Waals surface area contributed by atoms with Crippen molar-refractivity contribution in [2.24, 2.45) is 0 Å². The van der Waals surface area contributed by atoms with Gasteiger partial charge in [-0.1, -0.05) is 18.5 Å². The van der Waals surface area contributed by atoms with Crippen LogP contribution in [0.1, 0.15) is 20.3 Å². The Hall–Kier alpha value is -0.940. The van der Waals surface area contributed by atoms with E-state index in [0.717, 1.165) is 23.6 Å². The summed E-state index contributed by atoms with van der Waals surface area (Å²) in [6.45, 7) is 4.21. The van der Waals surface area contributed by atoms with Crippen LogP contribution in [0, 0.1) is 10.1 Å². The summed E-state index contributed by atoms with van der Waals surface area (Å²) in [6, 6.07) is 4.78. The first kappa shape index (κ1) is 15.1. The number of halogens is 1. The predicted octanol–water partition coefficient (Wildman–Crippen LogP) is 4.19. The molecule has 1 aromatic carbocycles. The third-order valence-corrected chi connectivity index (χ3v) is 3.71. The lowest BCUT2D eigenvalue weighted by Crippen LogP contribution is -2.16. The highest BCUT2D eigenvalue weighted by atomic mass is 35.5. The molecule has 0 aliphatic rings. The zero-order chi connectivity index (χ0) is 13.5. The molecule has 0 saturated carbocycles. The minimum atomic E-state index is -0.447. The number of hydrogen-bond acceptors (Lipinski definition) is 4. The maximum atomic E-state index is 10.6. The fourth-order valence-electron chi connectivity index (χ4n) is 1.48. The van der Waals surface area contributed by atoms with Crippen molar-refractivity contribution >= 4 is 34.7 Å². The number of anilines is 1. The van der Waals surface area contributed by atoms with Gasteiger partial charge in [0.2, 0.25) is 0 Å². The van der Waals surface area contributed by atoms with Gasteiger partial charge in [-0.05, 0) is 30.9 Å². The highest BCUT2D eigenvalue weighted by Gasteiger charge is 2.10. The highest BCUT2D eigenvalue weighted by Crippen LogP contribution is 2.27. The molecule has 0 fully saturated rings. The monoisotopic (exact) mass is 288 g/mol. The Morgan fingerprint density at radius 2 is 2.28 bits per heavy atom. The van der Waals surface area contributed by atoms with Crippen molar-refractivity contribution in [3.8, 4) is 0 Å². The first-order chi connectivity index (χ1) is 8.54. The number of nitrogens with zero attached hydrogens (tertiary/aromatic N) is 1. The van der Waals surface area contributed by atoms with Crippen LogP contribution in [-0.4, -0.2) is 22.5 Å². The first-order valence-corrected chi connectivity index (χ1v) is 7.36. The van der Waals surface area contributed by atoms with Crippen LogP contribution in [0.2, 0.25) is 5.02 Å². The van der Waals surface area contributed by atoms with Gasteiger partial charge in [0.1, 0.15) is 0 Å². The SMILES string of the molecule is CCSCCC(C)Nc1ccc([N+](=O)[O-])cc1Cl. The van der Waals surface area contributed by atoms with Gasteiger partial charge in [0.15, 0.2) is 0 Å². The van der Waals surface area contributed by atoms with Crippen molar-refractivity contribution in [3.05, 3.63) is 33.3 Å². The molecule has 1 unspecified atom stereocenters. The summed E-state index contributed by atoms with van der Waals surface area (Å²) >= 11 is 7.90. The number of non-ortho nitro benzene ring substituents is 1. The molecule has 0 aliphatic heterocycles. The molecule has 4 nitrogen and oxygen atoms in total. The smallest absolute Gasteiger partial charge is 0.271 e. The Bertz CT molecular complexity index is 415. The second kappa shape index (κ2) is 7.48. The van der Waals surface area contributed by atoms with Crippen molar-refractivity contribution in [1.29, 1.82) is 0 Å². The Kier molecular flexibility index (Phi) is 6.29. The van der Waals surface area contributed by atoms with E-state index in [1.54, 1.807) is 6.07 Å². The lowest BCUT2D eigenvalue weighted by Gasteiger charge is -2.15. The average Bonchev–Trinajstić information content (AvgIpc) is 2.32. The van der Waals surface area contributed by atoms with Crippen LogP contribution in [-0.2, 0) is 0 Å². The van der Waals surface area contributed by atoms with Crippen LogP contribution < -0.4 is 5.32 Å². The number of nitro benzene ring substituents is 1. The summed E-state index contributed by atoms with van der Waals surface area (Å²) < 4.78 is 0. The predicted molar refractivity (Wildman–Crippen MR) is 78.8 cm³/mol. The summed E-state index contributed by atoms with van der Waals surface area (Å²) in [4.78, 5) is 10.1. The summed E-state index contributed by atoms with van der Waals surface area (Å²) in [5, 5.41) is 14.2. The van der Waals surface area contributed by atoms with Crippen LogP contribution in [0.3, 0.4) is 0 Å². The molecule has 0 bridgehead atoms. The second-order valence-electron chi connectivity index (χ2n) is 3.95. The maximum absolute atomic E-state index is 10.6. The molecule has 100 valence electrons. The standard InChI is InChI=1S/C12H17ClN2O2S/c1-3-18-7-6-9(2)14-12-5-4-10(15(16)17)8-11(12)13/h4-5,8-9,14H,3,6-7H2,1-2H3. The van der Waals surface area contributed by atoms with Crippen LogP contribution >= 0.6 is 23.4 Å². The van der Waals surface area contributed by atoms with Crippen molar-refractivity contribution < 1.29 is 4.92 Å². The Morgan fingerprint density at radius 1 is 1.56 bits per heavy atom. The van der Waals surface area contributed by atoms with E-state index in [1.165, 1.54) is 12.1 Å². The summed E-state index contributed by atoms with van der Waals surface area (Å²) in [5.41, 5.74) is 0.760. The molecule has 0 radical (unpaired) electrons. The van der Waals surface area contributed by atoms with E-state index in [9.17, 15) is 10.1 Å². The largest absolute Gasteiger partial charge is 0.381 e. The summed E-state index contributed by atoms with van der Waals surface area (Å²) in [7, 11) is 0. The molecule has 0 saturated heterocycles. The lowest BCUT2D eigenvalue weighted by molar-refractivity contribution is -0.384. The zero-order valence-electron chi connectivity index (χ0n) is 10.5. The number of rotatable bonds is 7. The topological polar surface area (TPSA) is 55.2 Å². The van der Waals surface area contributed by atoms with Crippen LogP contribution in [0.5, 0.6) is 0 Å². The van der Waals surface area contributed by atoms with Crippen molar-refractivity contribution in [3.63, 3.8) is 0 Å². The first-order valence-electron chi connectivity index (χ1n) is 5.82. The fraction of sp³-hybridized carbons (Fsp3) is 0.500. The molecule has 0 aliphatic carbocycles. The lowest BCUT2D eigenvalue weighted by atomic mass is 10.2. The Morgan fingerprint density at radius 3 is 2.83 bits per heavy atom. The summed E-state index contributed by atoms with van der Waals surface area (Å²) in [6.07, 6.45) is 1.03. The molecule has 0 amide bonds. The van der Waals surface area contributed by atoms with E-state index in [4.69, 9.17) is 11.6 Å². The van der Waals surface area contributed by atoms with Crippen molar-refractivity contribution in [2.45, 2.75) is 26.3 Å². The molecule has 0 aromatic heterocycles. The van der Waals surface area contributed by atoms with E-state index in [2.05, 4.69) is 19.2 Å². The van der Waals surface area contributed by atoms with Crippen molar-refractivity contribution in [1.82, 2.24) is 0 Å². The summed E-state index contributed by atoms with van der Waals surface area (Å²) in [5.74, 6) is 2.21. The minimum absolute atomic E-state index is 0.0136. The molecular weight excluding hydrogens is 272 g/mol. The van der Waals surface area contributed by atoms with Crippen LogP contribution in [0.4, 0.5) is 11.4 Å². The van der Waals surface area contributed by atoms with E-state index in [1.807, 2.05) is 11.8 Å². The molecule has 0 spiro atoms. The van der Waals surface area contributed by atoms with Gasteiger partial charge in [-0.2, -0.15) is 11.8 Å². The van der Waals surface area contributed by atoms with E-state index >= 15 is 0 Å². The second-order valence-corrected chi connectivity index (χ2v) is 5.75. The van der Waals surface area contributed by atoms with Gasteiger partial charge in [-0.3, -0.25) is 10.1 Å². The van der Waals surface area contributed by atoms with E-state index < -0.39 is 4.92 Å². The van der Waals surface area contributed by atoms with Gasteiger partial charge in [-0.25, -0.2) is 0 Å². The highest BCUT2D eigenvalue weighted by molar-refractivity contribution is 7.99. The van der Waals surface area contributed by atoms with Gasteiger partial charge >= 0.3 is 0 Å². The molecule has 18 heavy (non-hydrogen) atoms. The molecule has 1 rings (SSSR count). The van der Waals surface area contributed by atoms with E-state index in [-0.39, 0.29) is 5.69 Å². The third-order valence-electron chi connectivity index (χ3n) is 2.46. The average molecular weight is 289 g/mol. The maximum Gasteiger partial charge on any atom is 0.271 e. The number of nitrogens with one attached hydrogen (secondary N) is 1. The molecule has 0 heterocycles. The number of benzene rings is 1. The van der Waals surface area contributed by atoms with Gasteiger partial charge < -0.3 is 5.32 Å². The third kappa shape index (κ3) is 4.74. The van der Waals surface area contributed by atoms with Crippen LogP contribution in [0.15, 0.2) is 18.2 Å². The molecule has 1 atom stereocenters.